The van der Waals surface area contributed by atoms with Gasteiger partial charge in [-0.2, -0.15) is 18.2 Å². The highest BCUT2D eigenvalue weighted by Crippen LogP contribution is 2.33. The van der Waals surface area contributed by atoms with Crippen LogP contribution in [0.15, 0.2) is 29.4 Å². The number of carbonyl (C=O) groups excluding carboxylic acids is 1. The number of alkyl halides is 3. The molecule has 2 aromatic rings. The lowest BCUT2D eigenvalue weighted by molar-refractivity contribution is -0.137. The Balaban J connectivity index is 2.03. The first-order chi connectivity index (χ1) is 15.9. The Kier molecular flexibility index (Phi) is 8.22. The quantitative estimate of drug-likeness (QED) is 0.605. The maximum absolute atomic E-state index is 13.3. The van der Waals surface area contributed by atoms with Crippen LogP contribution in [0.5, 0.6) is 5.75 Å². The molecule has 3 N–H and O–H groups in total. The van der Waals surface area contributed by atoms with Gasteiger partial charge in [-0.1, -0.05) is 20.8 Å². The molecule has 1 aliphatic heterocycles. The summed E-state index contributed by atoms with van der Waals surface area (Å²) in [7, 11) is 0. The minimum atomic E-state index is -4.64. The molecule has 0 spiro atoms. The zero-order chi connectivity index (χ0) is 25.1. The van der Waals surface area contributed by atoms with Gasteiger partial charge in [0, 0.05) is 17.7 Å². The second kappa shape index (κ2) is 10.6. The molecule has 11 heteroatoms. The Morgan fingerprint density at radius 1 is 1.38 bits per heavy atom. The molecule has 0 saturated carbocycles. The van der Waals surface area contributed by atoms with E-state index in [1.165, 1.54) is 11.3 Å². The summed E-state index contributed by atoms with van der Waals surface area (Å²) in [5, 5.41) is 9.10. The van der Waals surface area contributed by atoms with E-state index >= 15 is 0 Å². The molecule has 1 aromatic carbocycles. The van der Waals surface area contributed by atoms with Gasteiger partial charge in [-0.3, -0.25) is 4.79 Å². The molecule has 0 radical (unpaired) electrons. The fraction of sp³-hybridized carbons (Fsp3) is 0.565. The number of hydrogen-bond donors (Lipinski definition) is 2. The van der Waals surface area contributed by atoms with E-state index in [4.69, 9.17) is 20.3 Å². The average molecular weight is 502 g/mol. The smallest absolute Gasteiger partial charge is 0.416 e. The van der Waals surface area contributed by atoms with Gasteiger partial charge in [0.2, 0.25) is 0 Å². The van der Waals surface area contributed by atoms with Gasteiger partial charge in [0.25, 0.3) is 5.91 Å². The zero-order valence-electron chi connectivity index (χ0n) is 19.4. The summed E-state index contributed by atoms with van der Waals surface area (Å²) in [6.45, 7) is 6.72. The molecule has 7 nitrogen and oxygen atoms in total. The van der Waals surface area contributed by atoms with E-state index in [0.717, 1.165) is 35.9 Å². The minimum Gasteiger partial charge on any atom is -0.491 e. The molecule has 0 bridgehead atoms. The first kappa shape index (κ1) is 26.4. The Labute approximate surface area is 200 Å². The van der Waals surface area contributed by atoms with Crippen LogP contribution in [-0.4, -0.2) is 47.5 Å². The number of nitrogens with zero attached hydrogens (tertiary/aromatic N) is 2. The standard InChI is InChI=1S/C23H30F3N3O4S/c1-22(2,3)19-11-29(10-16-5-4-8-32-16)21(34-19)28-20(31)17-9-14(23(24,25)26)6-7-18(17)33-13-15(27)12-30/h6-7,9,11,15-16,30H,4-5,8,10,12-13,27H2,1-3H3/t15-,16+/m0/s1. The third kappa shape index (κ3) is 6.68. The van der Waals surface area contributed by atoms with E-state index in [1.807, 2.05) is 31.5 Å². The number of thiazole rings is 1. The Morgan fingerprint density at radius 3 is 2.71 bits per heavy atom. The number of halogens is 3. The van der Waals surface area contributed by atoms with Crippen LogP contribution >= 0.6 is 11.3 Å². The topological polar surface area (TPSA) is 99.1 Å². The maximum Gasteiger partial charge on any atom is 0.416 e. The van der Waals surface area contributed by atoms with Gasteiger partial charge in [-0.05, 0) is 36.5 Å². The second-order valence-corrected chi connectivity index (χ2v) is 10.3. The van der Waals surface area contributed by atoms with Crippen molar-refractivity contribution in [3.63, 3.8) is 0 Å². The van der Waals surface area contributed by atoms with Crippen LogP contribution in [0.4, 0.5) is 13.2 Å². The van der Waals surface area contributed by atoms with E-state index in [2.05, 4.69) is 4.99 Å². The lowest BCUT2D eigenvalue weighted by atomic mass is 9.95. The summed E-state index contributed by atoms with van der Waals surface area (Å²) >= 11 is 1.31. The van der Waals surface area contributed by atoms with Gasteiger partial charge in [0.05, 0.1) is 36.4 Å². The van der Waals surface area contributed by atoms with Gasteiger partial charge in [-0.25, -0.2) is 0 Å². The number of hydrogen-bond acceptors (Lipinski definition) is 6. The molecule has 34 heavy (non-hydrogen) atoms. The number of rotatable bonds is 7. The van der Waals surface area contributed by atoms with Crippen molar-refractivity contribution in [1.29, 1.82) is 0 Å². The maximum atomic E-state index is 13.3. The number of carbonyl (C=O) groups is 1. The van der Waals surface area contributed by atoms with Crippen molar-refractivity contribution in [3.8, 4) is 5.75 Å². The molecule has 1 aliphatic rings. The Hall–Kier alpha value is -2.21. The number of benzene rings is 1. The van der Waals surface area contributed by atoms with Gasteiger partial charge >= 0.3 is 6.18 Å². The molecule has 1 aromatic heterocycles. The van der Waals surface area contributed by atoms with Crippen LogP contribution in [0.1, 0.15) is 54.4 Å². The van der Waals surface area contributed by atoms with E-state index in [1.54, 1.807) is 0 Å². The fourth-order valence-electron chi connectivity index (χ4n) is 3.35. The minimum absolute atomic E-state index is 0.0103. The molecule has 2 atom stereocenters. The van der Waals surface area contributed by atoms with E-state index in [-0.39, 0.29) is 36.0 Å². The Morgan fingerprint density at radius 2 is 2.12 bits per heavy atom. The molecule has 0 unspecified atom stereocenters. The van der Waals surface area contributed by atoms with Gasteiger partial charge in [-0.15, -0.1) is 11.3 Å². The SMILES string of the molecule is CC(C)(C)c1cn(C[C@H]2CCCO2)c(=NC(=O)c2cc(C(F)(F)F)ccc2OC[C@@H](N)CO)s1. The molecular weight excluding hydrogens is 471 g/mol. The lowest BCUT2D eigenvalue weighted by Gasteiger charge is -2.15. The normalized spacial score (nSPS) is 18.4. The van der Waals surface area contributed by atoms with Crippen LogP contribution in [0.2, 0.25) is 0 Å². The number of aromatic nitrogens is 1. The number of nitrogens with two attached hydrogens (primary N) is 1. The Bertz CT molecular complexity index is 1070. The first-order valence-corrected chi connectivity index (χ1v) is 11.8. The van der Waals surface area contributed by atoms with Crippen molar-refractivity contribution in [2.45, 2.75) is 63.9 Å². The van der Waals surface area contributed by atoms with E-state index in [9.17, 15) is 18.0 Å². The van der Waals surface area contributed by atoms with Crippen LogP contribution < -0.4 is 15.3 Å². The average Bonchev–Trinajstić information content (AvgIpc) is 3.41. The second-order valence-electron chi connectivity index (χ2n) is 9.29. The fourth-order valence-corrected chi connectivity index (χ4v) is 4.40. The summed E-state index contributed by atoms with van der Waals surface area (Å²) in [6.07, 6.45) is -0.894. The molecular formula is C23H30F3N3O4S. The summed E-state index contributed by atoms with van der Waals surface area (Å²) in [5.41, 5.74) is 4.12. The molecule has 1 amide bonds. The third-order valence-corrected chi connectivity index (χ3v) is 6.75. The van der Waals surface area contributed by atoms with Crippen LogP contribution in [-0.2, 0) is 22.9 Å². The number of aliphatic hydroxyl groups excluding tert-OH is 1. The molecule has 3 rings (SSSR count). The molecule has 0 aliphatic carbocycles. The highest BCUT2D eigenvalue weighted by atomic mass is 32.1. The lowest BCUT2D eigenvalue weighted by Crippen LogP contribution is -2.31. The highest BCUT2D eigenvalue weighted by Gasteiger charge is 2.32. The first-order valence-electron chi connectivity index (χ1n) is 11.0. The van der Waals surface area contributed by atoms with Crippen molar-refractivity contribution in [1.82, 2.24) is 4.57 Å². The van der Waals surface area contributed by atoms with Crippen molar-refractivity contribution in [2.75, 3.05) is 19.8 Å². The predicted molar refractivity (Wildman–Crippen MR) is 122 cm³/mol. The predicted octanol–water partition coefficient (Wildman–Crippen LogP) is 3.48. The number of amides is 1. The summed E-state index contributed by atoms with van der Waals surface area (Å²) in [5.74, 6) is -0.939. The van der Waals surface area contributed by atoms with E-state index in [0.29, 0.717) is 18.0 Å². The molecule has 188 valence electrons. The monoisotopic (exact) mass is 501 g/mol. The van der Waals surface area contributed by atoms with Crippen molar-refractivity contribution in [3.05, 3.63) is 45.2 Å². The van der Waals surface area contributed by atoms with E-state index < -0.39 is 23.7 Å². The van der Waals surface area contributed by atoms with Gasteiger partial charge < -0.3 is 24.9 Å². The highest BCUT2D eigenvalue weighted by molar-refractivity contribution is 7.09. The van der Waals surface area contributed by atoms with Crippen LogP contribution in [0, 0.1) is 0 Å². The third-order valence-electron chi connectivity index (χ3n) is 5.31. The number of ether oxygens (including phenoxy) is 2. The van der Waals surface area contributed by atoms with Gasteiger partial charge in [0.15, 0.2) is 4.80 Å². The van der Waals surface area contributed by atoms with Crippen LogP contribution in [0.3, 0.4) is 0 Å². The van der Waals surface area contributed by atoms with Crippen molar-refractivity contribution >= 4 is 17.2 Å². The van der Waals surface area contributed by atoms with Crippen LogP contribution in [0.25, 0.3) is 0 Å². The molecule has 1 saturated heterocycles. The summed E-state index contributed by atoms with van der Waals surface area (Å²) in [4.78, 5) is 18.7. The number of aliphatic hydroxyl groups is 1. The largest absolute Gasteiger partial charge is 0.491 e. The molecule has 1 fully saturated rings. The van der Waals surface area contributed by atoms with Gasteiger partial charge in [0.1, 0.15) is 12.4 Å². The van der Waals surface area contributed by atoms with Crippen molar-refractivity contribution in [2.24, 2.45) is 10.7 Å². The summed E-state index contributed by atoms with van der Waals surface area (Å²) in [6, 6.07) is 1.89. The summed E-state index contributed by atoms with van der Waals surface area (Å²) < 4.78 is 53.0. The zero-order valence-corrected chi connectivity index (χ0v) is 20.2. The molecule has 2 heterocycles. The van der Waals surface area contributed by atoms with Crippen molar-refractivity contribution < 1.29 is 32.5 Å².